The zero-order chi connectivity index (χ0) is 14.1. The molecule has 0 aromatic heterocycles. The SMILES string of the molecule is COCC(CCO)NC(=O)C(CN)c1ccccc1. The second-order valence-electron chi connectivity index (χ2n) is 4.37. The summed E-state index contributed by atoms with van der Waals surface area (Å²) in [6.07, 6.45) is 0.464. The zero-order valence-electron chi connectivity index (χ0n) is 11.2. The Labute approximate surface area is 113 Å². The molecule has 2 unspecified atom stereocenters. The fourth-order valence-corrected chi connectivity index (χ4v) is 1.94. The lowest BCUT2D eigenvalue weighted by Gasteiger charge is -2.21. The maximum atomic E-state index is 12.2. The summed E-state index contributed by atoms with van der Waals surface area (Å²) >= 11 is 0. The van der Waals surface area contributed by atoms with Gasteiger partial charge in [-0.25, -0.2) is 0 Å². The van der Waals surface area contributed by atoms with Crippen molar-refractivity contribution in [3.63, 3.8) is 0 Å². The van der Waals surface area contributed by atoms with Crippen LogP contribution in [0, 0.1) is 0 Å². The van der Waals surface area contributed by atoms with Crippen LogP contribution in [-0.2, 0) is 9.53 Å². The first-order chi connectivity index (χ1) is 9.22. The van der Waals surface area contributed by atoms with Gasteiger partial charge in [-0.15, -0.1) is 0 Å². The molecule has 0 saturated carbocycles. The minimum Gasteiger partial charge on any atom is -0.396 e. The van der Waals surface area contributed by atoms with Gasteiger partial charge in [-0.3, -0.25) is 4.79 Å². The molecule has 0 aliphatic heterocycles. The number of aliphatic hydroxyl groups excluding tert-OH is 1. The molecule has 2 atom stereocenters. The number of hydrogen-bond acceptors (Lipinski definition) is 4. The fraction of sp³-hybridized carbons (Fsp3) is 0.500. The van der Waals surface area contributed by atoms with E-state index in [0.29, 0.717) is 13.0 Å². The molecule has 1 aromatic rings. The number of hydrogen-bond donors (Lipinski definition) is 3. The van der Waals surface area contributed by atoms with Gasteiger partial charge in [0.15, 0.2) is 0 Å². The second-order valence-corrected chi connectivity index (χ2v) is 4.37. The third kappa shape index (κ3) is 4.98. The standard InChI is InChI=1S/C14H22N2O3/c1-19-10-12(7-8-17)16-14(18)13(9-15)11-5-3-2-4-6-11/h2-6,12-13,17H,7-10,15H2,1H3,(H,16,18). The molecule has 0 aliphatic rings. The van der Waals surface area contributed by atoms with Gasteiger partial charge in [0.05, 0.1) is 18.6 Å². The Balaban J connectivity index is 2.68. The average molecular weight is 266 g/mol. The number of benzene rings is 1. The molecule has 0 saturated heterocycles. The van der Waals surface area contributed by atoms with Gasteiger partial charge < -0.3 is 20.9 Å². The monoisotopic (exact) mass is 266 g/mol. The Kier molecular flexibility index (Phi) is 7.10. The third-order valence-electron chi connectivity index (χ3n) is 2.95. The number of nitrogens with one attached hydrogen (secondary N) is 1. The Hall–Kier alpha value is -1.43. The first kappa shape index (κ1) is 15.6. The highest BCUT2D eigenvalue weighted by molar-refractivity contribution is 5.84. The van der Waals surface area contributed by atoms with Gasteiger partial charge in [0.2, 0.25) is 5.91 Å². The van der Waals surface area contributed by atoms with E-state index >= 15 is 0 Å². The van der Waals surface area contributed by atoms with Gasteiger partial charge in [0, 0.05) is 20.3 Å². The van der Waals surface area contributed by atoms with E-state index in [4.69, 9.17) is 15.6 Å². The quantitative estimate of drug-likeness (QED) is 0.629. The first-order valence-electron chi connectivity index (χ1n) is 6.38. The minimum absolute atomic E-state index is 0.00688. The molecular weight excluding hydrogens is 244 g/mol. The summed E-state index contributed by atoms with van der Waals surface area (Å²) in [7, 11) is 1.56. The van der Waals surface area contributed by atoms with Crippen LogP contribution in [-0.4, -0.2) is 43.9 Å². The van der Waals surface area contributed by atoms with Crippen molar-refractivity contribution in [2.75, 3.05) is 26.9 Å². The Morgan fingerprint density at radius 3 is 2.63 bits per heavy atom. The van der Waals surface area contributed by atoms with Gasteiger partial charge >= 0.3 is 0 Å². The number of amides is 1. The van der Waals surface area contributed by atoms with E-state index < -0.39 is 0 Å². The number of nitrogens with two attached hydrogens (primary N) is 1. The summed E-state index contributed by atoms with van der Waals surface area (Å²) in [6.45, 7) is 0.625. The summed E-state index contributed by atoms with van der Waals surface area (Å²) in [5.41, 5.74) is 6.58. The van der Waals surface area contributed by atoms with Crippen molar-refractivity contribution in [1.29, 1.82) is 0 Å². The van der Waals surface area contributed by atoms with E-state index in [-0.39, 0.29) is 31.0 Å². The summed E-state index contributed by atoms with van der Waals surface area (Å²) in [5.74, 6) is -0.511. The van der Waals surface area contributed by atoms with E-state index in [0.717, 1.165) is 5.56 Å². The lowest BCUT2D eigenvalue weighted by molar-refractivity contribution is -0.123. The zero-order valence-corrected chi connectivity index (χ0v) is 11.2. The normalized spacial score (nSPS) is 13.8. The molecule has 0 aliphatic carbocycles. The van der Waals surface area contributed by atoms with Crippen LogP contribution in [0.1, 0.15) is 17.9 Å². The molecule has 1 aromatic carbocycles. The summed E-state index contributed by atoms with van der Waals surface area (Å²) in [5, 5.41) is 11.8. The Morgan fingerprint density at radius 2 is 2.11 bits per heavy atom. The average Bonchev–Trinajstić information content (AvgIpc) is 2.41. The molecule has 5 nitrogen and oxygen atoms in total. The number of ether oxygens (including phenoxy) is 1. The van der Waals surface area contributed by atoms with Crippen molar-refractivity contribution in [3.05, 3.63) is 35.9 Å². The Morgan fingerprint density at radius 1 is 1.42 bits per heavy atom. The van der Waals surface area contributed by atoms with Crippen LogP contribution < -0.4 is 11.1 Å². The number of carbonyl (C=O) groups excluding carboxylic acids is 1. The largest absolute Gasteiger partial charge is 0.396 e. The van der Waals surface area contributed by atoms with Crippen molar-refractivity contribution in [3.8, 4) is 0 Å². The highest BCUT2D eigenvalue weighted by atomic mass is 16.5. The molecule has 0 radical (unpaired) electrons. The highest BCUT2D eigenvalue weighted by Crippen LogP contribution is 2.14. The molecule has 4 N–H and O–H groups in total. The molecule has 1 amide bonds. The molecule has 5 heteroatoms. The molecular formula is C14H22N2O3. The molecule has 0 fully saturated rings. The van der Waals surface area contributed by atoms with E-state index in [1.165, 1.54) is 0 Å². The van der Waals surface area contributed by atoms with Crippen LogP contribution in [0.15, 0.2) is 30.3 Å². The van der Waals surface area contributed by atoms with Crippen molar-refractivity contribution >= 4 is 5.91 Å². The predicted octanol–water partition coefficient (Wildman–Crippen LogP) is 0.243. The van der Waals surface area contributed by atoms with Crippen LogP contribution in [0.4, 0.5) is 0 Å². The van der Waals surface area contributed by atoms with Gasteiger partial charge in [-0.05, 0) is 12.0 Å². The lowest BCUT2D eigenvalue weighted by atomic mass is 9.98. The topological polar surface area (TPSA) is 84.6 Å². The van der Waals surface area contributed by atoms with Crippen molar-refractivity contribution in [2.24, 2.45) is 5.73 Å². The first-order valence-corrected chi connectivity index (χ1v) is 6.38. The van der Waals surface area contributed by atoms with Crippen LogP contribution in [0.25, 0.3) is 0 Å². The summed E-state index contributed by atoms with van der Waals surface area (Å²) < 4.78 is 5.02. The highest BCUT2D eigenvalue weighted by Gasteiger charge is 2.21. The number of rotatable bonds is 8. The van der Waals surface area contributed by atoms with Crippen molar-refractivity contribution in [2.45, 2.75) is 18.4 Å². The van der Waals surface area contributed by atoms with Crippen LogP contribution in [0.2, 0.25) is 0 Å². The molecule has 0 bridgehead atoms. The third-order valence-corrected chi connectivity index (χ3v) is 2.95. The number of methoxy groups -OCH3 is 1. The van der Waals surface area contributed by atoms with Gasteiger partial charge in [-0.2, -0.15) is 0 Å². The molecule has 19 heavy (non-hydrogen) atoms. The second kappa shape index (κ2) is 8.63. The van der Waals surface area contributed by atoms with Crippen molar-refractivity contribution < 1.29 is 14.6 Å². The van der Waals surface area contributed by atoms with Crippen LogP contribution >= 0.6 is 0 Å². The lowest BCUT2D eigenvalue weighted by Crippen LogP contribution is -2.42. The van der Waals surface area contributed by atoms with Gasteiger partial charge in [-0.1, -0.05) is 30.3 Å². The number of carbonyl (C=O) groups is 1. The summed E-state index contributed by atoms with van der Waals surface area (Å²) in [4.78, 5) is 12.2. The van der Waals surface area contributed by atoms with Crippen molar-refractivity contribution in [1.82, 2.24) is 5.32 Å². The van der Waals surface area contributed by atoms with Gasteiger partial charge in [0.1, 0.15) is 0 Å². The fourth-order valence-electron chi connectivity index (χ4n) is 1.94. The van der Waals surface area contributed by atoms with Gasteiger partial charge in [0.25, 0.3) is 0 Å². The Bertz CT molecular complexity index is 364. The maximum Gasteiger partial charge on any atom is 0.229 e. The molecule has 0 spiro atoms. The van der Waals surface area contributed by atoms with E-state index in [9.17, 15) is 4.79 Å². The summed E-state index contributed by atoms with van der Waals surface area (Å²) in [6, 6.07) is 9.23. The molecule has 1 rings (SSSR count). The minimum atomic E-state index is -0.376. The molecule has 0 heterocycles. The van der Waals surface area contributed by atoms with E-state index in [1.807, 2.05) is 30.3 Å². The maximum absolute atomic E-state index is 12.2. The smallest absolute Gasteiger partial charge is 0.229 e. The van der Waals surface area contributed by atoms with E-state index in [1.54, 1.807) is 7.11 Å². The predicted molar refractivity (Wildman–Crippen MR) is 73.7 cm³/mol. The van der Waals surface area contributed by atoms with E-state index in [2.05, 4.69) is 5.32 Å². The molecule has 106 valence electrons. The van der Waals surface area contributed by atoms with Crippen LogP contribution in [0.3, 0.4) is 0 Å². The van der Waals surface area contributed by atoms with Crippen LogP contribution in [0.5, 0.6) is 0 Å². The number of aliphatic hydroxyl groups is 1.